The first kappa shape index (κ1) is 17.9. The number of halogens is 1. The Kier molecular flexibility index (Phi) is 6.30. The van der Waals surface area contributed by atoms with Crippen LogP contribution in [0.15, 0.2) is 72.8 Å². The molecule has 24 heavy (non-hydrogen) atoms. The first-order valence-corrected chi connectivity index (χ1v) is 7.96. The largest absolute Gasteiger partial charge is 0.488 e. The van der Waals surface area contributed by atoms with Gasteiger partial charge >= 0.3 is 7.12 Å². The Hall–Kier alpha value is -2.43. The summed E-state index contributed by atoms with van der Waals surface area (Å²) in [6, 6.07) is 21.8. The van der Waals surface area contributed by atoms with Crippen molar-refractivity contribution >= 4 is 12.6 Å². The van der Waals surface area contributed by atoms with Crippen molar-refractivity contribution in [2.45, 2.75) is 13.8 Å². The van der Waals surface area contributed by atoms with E-state index in [-0.39, 0.29) is 5.46 Å². The molecule has 0 saturated heterocycles. The van der Waals surface area contributed by atoms with E-state index >= 15 is 0 Å². The SMILES string of the molecule is CC.OB(O)c1cc(F)cc(-c2ccc(-c3ccccc3)cc2)c1. The van der Waals surface area contributed by atoms with Gasteiger partial charge in [-0.15, -0.1) is 0 Å². The van der Waals surface area contributed by atoms with Crippen LogP contribution in [-0.4, -0.2) is 17.2 Å². The van der Waals surface area contributed by atoms with Crippen LogP contribution in [0.1, 0.15) is 13.8 Å². The van der Waals surface area contributed by atoms with Gasteiger partial charge in [0.15, 0.2) is 0 Å². The predicted octanol–water partition coefficient (Wildman–Crippen LogP) is 3.87. The molecule has 4 heteroatoms. The molecule has 122 valence electrons. The molecule has 3 aromatic carbocycles. The quantitative estimate of drug-likeness (QED) is 0.719. The second kappa shape index (κ2) is 8.43. The minimum atomic E-state index is -1.68. The number of hydrogen-bond acceptors (Lipinski definition) is 2. The first-order chi connectivity index (χ1) is 11.6. The van der Waals surface area contributed by atoms with Crippen LogP contribution in [0, 0.1) is 5.82 Å². The van der Waals surface area contributed by atoms with Crippen molar-refractivity contribution in [2.75, 3.05) is 0 Å². The summed E-state index contributed by atoms with van der Waals surface area (Å²) in [6.45, 7) is 4.00. The maximum absolute atomic E-state index is 13.6. The van der Waals surface area contributed by atoms with Crippen LogP contribution in [0.3, 0.4) is 0 Å². The number of hydrogen-bond donors (Lipinski definition) is 2. The fraction of sp³-hybridized carbons (Fsp3) is 0.100. The zero-order chi connectivity index (χ0) is 17.5. The molecule has 0 heterocycles. The van der Waals surface area contributed by atoms with Crippen molar-refractivity contribution in [3.63, 3.8) is 0 Å². The predicted molar refractivity (Wildman–Crippen MR) is 98.4 cm³/mol. The molecule has 0 aliphatic rings. The van der Waals surface area contributed by atoms with E-state index < -0.39 is 12.9 Å². The molecule has 0 aliphatic carbocycles. The minimum Gasteiger partial charge on any atom is -0.423 e. The highest BCUT2D eigenvalue weighted by Gasteiger charge is 2.13. The molecule has 0 saturated carbocycles. The van der Waals surface area contributed by atoms with Crippen LogP contribution < -0.4 is 5.46 Å². The van der Waals surface area contributed by atoms with Crippen LogP contribution in [0.4, 0.5) is 4.39 Å². The lowest BCUT2D eigenvalue weighted by molar-refractivity contribution is 0.425. The number of benzene rings is 3. The molecular weight excluding hydrogens is 302 g/mol. The van der Waals surface area contributed by atoms with Crippen LogP contribution in [0.25, 0.3) is 22.3 Å². The normalized spacial score (nSPS) is 9.88. The average Bonchev–Trinajstić information content (AvgIpc) is 2.64. The van der Waals surface area contributed by atoms with Crippen LogP contribution in [-0.2, 0) is 0 Å². The summed E-state index contributed by atoms with van der Waals surface area (Å²) >= 11 is 0. The van der Waals surface area contributed by atoms with Gasteiger partial charge in [0.1, 0.15) is 5.82 Å². The lowest BCUT2D eigenvalue weighted by atomic mass is 9.79. The fourth-order valence-electron chi connectivity index (χ4n) is 2.41. The topological polar surface area (TPSA) is 40.5 Å². The van der Waals surface area contributed by atoms with E-state index in [1.165, 1.54) is 6.07 Å². The van der Waals surface area contributed by atoms with Gasteiger partial charge in [-0.1, -0.05) is 74.5 Å². The van der Waals surface area contributed by atoms with Gasteiger partial charge in [-0.05, 0) is 39.8 Å². The molecule has 2 nitrogen and oxygen atoms in total. The van der Waals surface area contributed by atoms with E-state index in [1.54, 1.807) is 6.07 Å². The maximum atomic E-state index is 13.6. The lowest BCUT2D eigenvalue weighted by Gasteiger charge is -2.07. The smallest absolute Gasteiger partial charge is 0.423 e. The molecule has 0 amide bonds. The van der Waals surface area contributed by atoms with Crippen LogP contribution in [0.5, 0.6) is 0 Å². The van der Waals surface area contributed by atoms with Gasteiger partial charge in [-0.2, -0.15) is 0 Å². The molecule has 0 aliphatic heterocycles. The van der Waals surface area contributed by atoms with E-state index in [9.17, 15) is 14.4 Å². The Labute approximate surface area is 142 Å². The van der Waals surface area contributed by atoms with E-state index in [0.717, 1.165) is 22.8 Å². The molecule has 3 rings (SSSR count). The molecule has 0 atom stereocenters. The Morgan fingerprint density at radius 2 is 1.17 bits per heavy atom. The standard InChI is InChI=1S/C18H14BFO2.C2H6/c20-18-11-16(10-17(12-18)19(21)22)15-8-6-14(7-9-15)13-4-2-1-3-5-13;1-2/h1-12,21-22H;1-2H3. The third kappa shape index (κ3) is 4.31. The van der Waals surface area contributed by atoms with Gasteiger partial charge in [0.05, 0.1) is 0 Å². The second-order valence-corrected chi connectivity index (χ2v) is 5.09. The molecule has 3 aromatic rings. The zero-order valence-corrected chi connectivity index (χ0v) is 13.8. The second-order valence-electron chi connectivity index (χ2n) is 5.09. The number of rotatable bonds is 3. The summed E-state index contributed by atoms with van der Waals surface area (Å²) < 4.78 is 13.6. The van der Waals surface area contributed by atoms with Gasteiger partial charge in [-0.25, -0.2) is 4.39 Å². The van der Waals surface area contributed by atoms with Crippen LogP contribution >= 0.6 is 0 Å². The van der Waals surface area contributed by atoms with Gasteiger partial charge in [0.2, 0.25) is 0 Å². The van der Waals surface area contributed by atoms with E-state index in [2.05, 4.69) is 0 Å². The summed E-state index contributed by atoms with van der Waals surface area (Å²) in [5.41, 5.74) is 3.76. The fourth-order valence-corrected chi connectivity index (χ4v) is 2.41. The van der Waals surface area contributed by atoms with Gasteiger partial charge in [0, 0.05) is 0 Å². The molecular formula is C20H20BFO2. The van der Waals surface area contributed by atoms with Crippen molar-refractivity contribution in [3.8, 4) is 22.3 Å². The van der Waals surface area contributed by atoms with Gasteiger partial charge in [-0.3, -0.25) is 0 Å². The van der Waals surface area contributed by atoms with Crippen molar-refractivity contribution in [3.05, 3.63) is 78.6 Å². The van der Waals surface area contributed by atoms with E-state index in [1.807, 2.05) is 68.4 Å². The molecule has 0 spiro atoms. The van der Waals surface area contributed by atoms with E-state index in [0.29, 0.717) is 5.56 Å². The van der Waals surface area contributed by atoms with Crippen LogP contribution in [0.2, 0.25) is 0 Å². The summed E-state index contributed by atoms with van der Waals surface area (Å²) in [7, 11) is -1.68. The van der Waals surface area contributed by atoms with Crippen molar-refractivity contribution in [1.29, 1.82) is 0 Å². The maximum Gasteiger partial charge on any atom is 0.488 e. The zero-order valence-electron chi connectivity index (χ0n) is 13.8. The summed E-state index contributed by atoms with van der Waals surface area (Å²) in [6.07, 6.45) is 0. The Balaban J connectivity index is 0.00000100. The van der Waals surface area contributed by atoms with Gasteiger partial charge in [0.25, 0.3) is 0 Å². The minimum absolute atomic E-state index is 0.141. The van der Waals surface area contributed by atoms with Crippen molar-refractivity contribution in [1.82, 2.24) is 0 Å². The summed E-state index contributed by atoms with van der Waals surface area (Å²) in [4.78, 5) is 0. The Morgan fingerprint density at radius 1 is 0.667 bits per heavy atom. The average molecular weight is 322 g/mol. The first-order valence-electron chi connectivity index (χ1n) is 7.96. The summed E-state index contributed by atoms with van der Waals surface area (Å²) in [5, 5.41) is 18.4. The molecule has 0 aromatic heterocycles. The van der Waals surface area contributed by atoms with Crippen molar-refractivity contribution in [2.24, 2.45) is 0 Å². The van der Waals surface area contributed by atoms with E-state index in [4.69, 9.17) is 0 Å². The highest BCUT2D eigenvalue weighted by Crippen LogP contribution is 2.24. The molecule has 0 fully saturated rings. The van der Waals surface area contributed by atoms with Crippen molar-refractivity contribution < 1.29 is 14.4 Å². The Morgan fingerprint density at radius 3 is 1.71 bits per heavy atom. The highest BCUT2D eigenvalue weighted by atomic mass is 19.1. The monoisotopic (exact) mass is 322 g/mol. The lowest BCUT2D eigenvalue weighted by Crippen LogP contribution is -2.30. The Bertz CT molecular complexity index is 771. The molecule has 2 N–H and O–H groups in total. The molecule has 0 unspecified atom stereocenters. The summed E-state index contributed by atoms with van der Waals surface area (Å²) in [5.74, 6) is -0.493. The third-order valence-electron chi connectivity index (χ3n) is 3.54. The molecule has 0 bridgehead atoms. The van der Waals surface area contributed by atoms with Gasteiger partial charge < -0.3 is 10.0 Å². The highest BCUT2D eigenvalue weighted by molar-refractivity contribution is 6.58. The third-order valence-corrected chi connectivity index (χ3v) is 3.54. The molecule has 0 radical (unpaired) electrons.